The van der Waals surface area contributed by atoms with Crippen LogP contribution in [-0.2, 0) is 10.0 Å². The third-order valence-corrected chi connectivity index (χ3v) is 3.58. The molecule has 19 heavy (non-hydrogen) atoms. The van der Waals surface area contributed by atoms with Gasteiger partial charge in [0.2, 0.25) is 10.0 Å². The molecule has 0 aliphatic carbocycles. The van der Waals surface area contributed by atoms with E-state index in [1.165, 1.54) is 13.1 Å². The number of nitrogens with two attached hydrogens (primary N) is 1. The van der Waals surface area contributed by atoms with E-state index >= 15 is 0 Å². The summed E-state index contributed by atoms with van der Waals surface area (Å²) in [6.45, 7) is 0.135. The van der Waals surface area contributed by atoms with Crippen molar-refractivity contribution in [2.24, 2.45) is 5.14 Å². The van der Waals surface area contributed by atoms with Crippen LogP contribution < -0.4 is 10.5 Å². The molecule has 0 bridgehead atoms. The van der Waals surface area contributed by atoms with Crippen LogP contribution in [0.1, 0.15) is 20.7 Å². The first kappa shape index (κ1) is 13.5. The lowest BCUT2D eigenvalue weighted by Crippen LogP contribution is -2.24. The summed E-state index contributed by atoms with van der Waals surface area (Å²) in [6, 6.07) is 4.69. The number of carbonyl (C=O) groups is 2. The number of benzene rings is 1. The molecule has 2 amide bonds. The molecule has 0 fully saturated rings. The molecule has 0 radical (unpaired) electrons. The van der Waals surface area contributed by atoms with E-state index in [-0.39, 0.29) is 24.1 Å². The maximum Gasteiger partial charge on any atom is 0.261 e. The summed E-state index contributed by atoms with van der Waals surface area (Å²) in [5.74, 6) is -0.914. The van der Waals surface area contributed by atoms with Crippen LogP contribution in [-0.4, -0.2) is 44.5 Å². The SMILES string of the molecule is CN1C(=O)c2ccc(NCCS(N)(=O)=O)cc2C1=O. The molecule has 0 spiro atoms. The van der Waals surface area contributed by atoms with Crippen molar-refractivity contribution in [3.05, 3.63) is 29.3 Å². The molecular formula is C11H13N3O4S. The van der Waals surface area contributed by atoms with Crippen LogP contribution >= 0.6 is 0 Å². The Labute approximate surface area is 110 Å². The highest BCUT2D eigenvalue weighted by atomic mass is 32.2. The molecule has 0 unspecified atom stereocenters. The van der Waals surface area contributed by atoms with Crippen molar-refractivity contribution in [3.63, 3.8) is 0 Å². The first-order chi connectivity index (χ1) is 8.79. The summed E-state index contributed by atoms with van der Waals surface area (Å²) in [5, 5.41) is 7.71. The van der Waals surface area contributed by atoms with Gasteiger partial charge in [0.05, 0.1) is 16.9 Å². The van der Waals surface area contributed by atoms with E-state index in [1.807, 2.05) is 0 Å². The van der Waals surface area contributed by atoms with Gasteiger partial charge in [-0.15, -0.1) is 0 Å². The Morgan fingerprint density at radius 1 is 1.21 bits per heavy atom. The third kappa shape index (κ3) is 2.74. The fourth-order valence-electron chi connectivity index (χ4n) is 1.81. The van der Waals surface area contributed by atoms with E-state index in [1.54, 1.807) is 12.1 Å². The molecule has 0 saturated heterocycles. The number of nitrogens with zero attached hydrogens (tertiary/aromatic N) is 1. The summed E-state index contributed by atoms with van der Waals surface area (Å²) in [6.07, 6.45) is 0. The average Bonchev–Trinajstić information content (AvgIpc) is 2.53. The quantitative estimate of drug-likeness (QED) is 0.731. The minimum atomic E-state index is -3.53. The van der Waals surface area contributed by atoms with Crippen LogP contribution in [0, 0.1) is 0 Å². The van der Waals surface area contributed by atoms with Gasteiger partial charge in [-0.25, -0.2) is 13.6 Å². The Balaban J connectivity index is 2.15. The van der Waals surface area contributed by atoms with Crippen LogP contribution in [0.5, 0.6) is 0 Å². The van der Waals surface area contributed by atoms with Crippen molar-refractivity contribution in [2.45, 2.75) is 0 Å². The van der Waals surface area contributed by atoms with Crippen LogP contribution in [0.3, 0.4) is 0 Å². The van der Waals surface area contributed by atoms with Crippen molar-refractivity contribution in [3.8, 4) is 0 Å². The molecule has 1 heterocycles. The number of anilines is 1. The van der Waals surface area contributed by atoms with Crippen molar-refractivity contribution in [1.82, 2.24) is 4.90 Å². The van der Waals surface area contributed by atoms with Gasteiger partial charge in [-0.1, -0.05) is 0 Å². The predicted octanol–water partition coefficient (Wildman–Crippen LogP) is -0.387. The molecule has 0 aromatic heterocycles. The fraction of sp³-hybridized carbons (Fsp3) is 0.273. The second kappa shape index (κ2) is 4.63. The molecule has 1 aromatic rings. The molecule has 7 nitrogen and oxygen atoms in total. The molecule has 0 saturated carbocycles. The van der Waals surface area contributed by atoms with Gasteiger partial charge < -0.3 is 5.32 Å². The number of imide groups is 1. The number of carbonyl (C=O) groups excluding carboxylic acids is 2. The smallest absolute Gasteiger partial charge is 0.261 e. The lowest BCUT2D eigenvalue weighted by Gasteiger charge is -2.06. The monoisotopic (exact) mass is 283 g/mol. The Kier molecular flexibility index (Phi) is 3.29. The Bertz CT molecular complexity index is 654. The Morgan fingerprint density at radius 3 is 2.47 bits per heavy atom. The number of nitrogens with one attached hydrogen (secondary N) is 1. The van der Waals surface area contributed by atoms with Gasteiger partial charge in [-0.05, 0) is 18.2 Å². The lowest BCUT2D eigenvalue weighted by molar-refractivity contribution is 0.0693. The molecule has 1 aromatic carbocycles. The lowest BCUT2D eigenvalue weighted by atomic mass is 10.1. The molecule has 2 rings (SSSR count). The van der Waals surface area contributed by atoms with Crippen LogP contribution in [0.25, 0.3) is 0 Å². The highest BCUT2D eigenvalue weighted by Crippen LogP contribution is 2.24. The summed E-state index contributed by atoms with van der Waals surface area (Å²) in [5.41, 5.74) is 1.23. The standard InChI is InChI=1S/C11H13N3O4S/c1-14-10(15)8-3-2-7(6-9(8)11(14)16)13-4-5-19(12,17)18/h2-3,6,13H,4-5H2,1H3,(H2,12,17,18). The minimum absolute atomic E-state index is 0.135. The van der Waals surface area contributed by atoms with Crippen LogP contribution in [0.2, 0.25) is 0 Å². The van der Waals surface area contributed by atoms with Gasteiger partial charge in [-0.3, -0.25) is 14.5 Å². The van der Waals surface area contributed by atoms with Gasteiger partial charge in [0.25, 0.3) is 11.8 Å². The Morgan fingerprint density at radius 2 is 1.84 bits per heavy atom. The molecule has 1 aliphatic rings. The zero-order valence-corrected chi connectivity index (χ0v) is 11.0. The molecule has 1 aliphatic heterocycles. The fourth-order valence-corrected chi connectivity index (χ4v) is 2.20. The van der Waals surface area contributed by atoms with Crippen molar-refractivity contribution < 1.29 is 18.0 Å². The van der Waals surface area contributed by atoms with E-state index in [4.69, 9.17) is 5.14 Å². The summed E-state index contributed by atoms with van der Waals surface area (Å²) < 4.78 is 21.6. The van der Waals surface area contributed by atoms with E-state index in [0.717, 1.165) is 4.90 Å². The zero-order valence-electron chi connectivity index (χ0n) is 10.2. The summed E-state index contributed by atoms with van der Waals surface area (Å²) >= 11 is 0. The first-order valence-electron chi connectivity index (χ1n) is 5.50. The molecule has 0 atom stereocenters. The molecule has 8 heteroatoms. The predicted molar refractivity (Wildman–Crippen MR) is 69.3 cm³/mol. The number of rotatable bonds is 4. The highest BCUT2D eigenvalue weighted by Gasteiger charge is 2.32. The molecular weight excluding hydrogens is 270 g/mol. The van der Waals surface area contributed by atoms with Crippen LogP contribution in [0.4, 0.5) is 5.69 Å². The molecule has 102 valence electrons. The minimum Gasteiger partial charge on any atom is -0.384 e. The number of sulfonamides is 1. The molecule has 3 N–H and O–H groups in total. The van der Waals surface area contributed by atoms with E-state index < -0.39 is 10.0 Å². The number of amides is 2. The van der Waals surface area contributed by atoms with Crippen molar-refractivity contribution in [2.75, 3.05) is 24.7 Å². The first-order valence-corrected chi connectivity index (χ1v) is 7.22. The topological polar surface area (TPSA) is 110 Å². The van der Waals surface area contributed by atoms with Crippen LogP contribution in [0.15, 0.2) is 18.2 Å². The van der Waals surface area contributed by atoms with E-state index in [2.05, 4.69) is 5.32 Å². The number of primary sulfonamides is 1. The summed E-state index contributed by atoms with van der Waals surface area (Å²) in [7, 11) is -2.11. The average molecular weight is 283 g/mol. The van der Waals surface area contributed by atoms with Crippen molar-refractivity contribution in [1.29, 1.82) is 0 Å². The number of hydrogen-bond donors (Lipinski definition) is 2. The third-order valence-electron chi connectivity index (χ3n) is 2.81. The van der Waals surface area contributed by atoms with Gasteiger partial charge in [-0.2, -0.15) is 0 Å². The zero-order chi connectivity index (χ0) is 14.2. The van der Waals surface area contributed by atoms with E-state index in [0.29, 0.717) is 16.8 Å². The van der Waals surface area contributed by atoms with Crippen molar-refractivity contribution >= 4 is 27.5 Å². The second-order valence-corrected chi connectivity index (χ2v) is 5.96. The highest BCUT2D eigenvalue weighted by molar-refractivity contribution is 7.89. The summed E-state index contributed by atoms with van der Waals surface area (Å²) in [4.78, 5) is 24.4. The maximum atomic E-state index is 11.8. The maximum absolute atomic E-state index is 11.8. The van der Waals surface area contributed by atoms with Gasteiger partial charge in [0, 0.05) is 19.3 Å². The van der Waals surface area contributed by atoms with Gasteiger partial charge >= 0.3 is 0 Å². The van der Waals surface area contributed by atoms with Gasteiger partial charge in [0.1, 0.15) is 0 Å². The second-order valence-electron chi connectivity index (χ2n) is 4.22. The number of hydrogen-bond acceptors (Lipinski definition) is 5. The Hall–Kier alpha value is -1.93. The van der Waals surface area contributed by atoms with E-state index in [9.17, 15) is 18.0 Å². The largest absolute Gasteiger partial charge is 0.384 e. The van der Waals surface area contributed by atoms with Gasteiger partial charge in [0.15, 0.2) is 0 Å². The number of fused-ring (bicyclic) bond motifs is 1. The normalized spacial score (nSPS) is 14.7.